The number of rotatable bonds is 3. The summed E-state index contributed by atoms with van der Waals surface area (Å²) < 4.78 is 78.3. The van der Waals surface area contributed by atoms with E-state index in [-0.39, 0.29) is 11.1 Å². The molecule has 128 valence electrons. The molecule has 9 heteroatoms. The van der Waals surface area contributed by atoms with Crippen molar-refractivity contribution in [2.45, 2.75) is 12.5 Å². The highest BCUT2D eigenvalue weighted by Crippen LogP contribution is 2.34. The Morgan fingerprint density at radius 2 is 1.42 bits per heavy atom. The van der Waals surface area contributed by atoms with E-state index in [0.717, 1.165) is 36.4 Å². The smallest absolute Gasteiger partial charge is 0.478 e. The molecule has 0 aliphatic heterocycles. The van der Waals surface area contributed by atoms with E-state index in [0.29, 0.717) is 0 Å². The quantitative estimate of drug-likeness (QED) is 0.795. The van der Waals surface area contributed by atoms with E-state index in [2.05, 4.69) is 4.74 Å². The summed E-state index contributed by atoms with van der Waals surface area (Å²) in [7, 11) is 0. The average Bonchev–Trinajstić information content (AvgIpc) is 2.44. The SMILES string of the molecule is O=C(O)c1ccc(-c2ccc(C(F)(F)F)cc2)cc1OC(F)(F)F. The van der Waals surface area contributed by atoms with Crippen LogP contribution in [0.25, 0.3) is 11.1 Å². The number of carbonyl (C=O) groups is 1. The van der Waals surface area contributed by atoms with Crippen LogP contribution in [0.4, 0.5) is 26.3 Å². The number of aromatic carboxylic acids is 1. The minimum Gasteiger partial charge on any atom is -0.478 e. The summed E-state index contributed by atoms with van der Waals surface area (Å²) in [6.07, 6.45) is -9.65. The van der Waals surface area contributed by atoms with Crippen LogP contribution in [0.3, 0.4) is 0 Å². The predicted octanol–water partition coefficient (Wildman–Crippen LogP) is 4.97. The molecule has 2 aromatic rings. The normalized spacial score (nSPS) is 12.1. The molecule has 1 N–H and O–H groups in total. The second-order valence-corrected chi connectivity index (χ2v) is 4.64. The molecule has 0 atom stereocenters. The molecule has 0 radical (unpaired) electrons. The maximum Gasteiger partial charge on any atom is 0.573 e. The molecule has 24 heavy (non-hydrogen) atoms. The molecule has 0 unspecified atom stereocenters. The lowest BCUT2D eigenvalue weighted by molar-refractivity contribution is -0.274. The van der Waals surface area contributed by atoms with Crippen molar-refractivity contribution in [3.8, 4) is 16.9 Å². The Bertz CT molecular complexity index is 747. The van der Waals surface area contributed by atoms with Gasteiger partial charge < -0.3 is 9.84 Å². The number of halogens is 6. The third-order valence-corrected chi connectivity index (χ3v) is 2.98. The monoisotopic (exact) mass is 350 g/mol. The van der Waals surface area contributed by atoms with Crippen molar-refractivity contribution in [2.24, 2.45) is 0 Å². The summed E-state index contributed by atoms with van der Waals surface area (Å²) in [5, 5.41) is 8.88. The Kier molecular flexibility index (Phi) is 4.46. The Balaban J connectivity index is 2.44. The van der Waals surface area contributed by atoms with E-state index in [1.165, 1.54) is 6.07 Å². The van der Waals surface area contributed by atoms with E-state index in [1.807, 2.05) is 0 Å². The van der Waals surface area contributed by atoms with Crippen molar-refractivity contribution >= 4 is 5.97 Å². The minimum absolute atomic E-state index is 0.0768. The lowest BCUT2D eigenvalue weighted by atomic mass is 10.0. The second-order valence-electron chi connectivity index (χ2n) is 4.64. The Morgan fingerprint density at radius 3 is 1.88 bits per heavy atom. The molecule has 2 aromatic carbocycles. The largest absolute Gasteiger partial charge is 0.573 e. The first-order valence-corrected chi connectivity index (χ1v) is 6.28. The lowest BCUT2D eigenvalue weighted by Gasteiger charge is -2.13. The first-order chi connectivity index (χ1) is 11.0. The molecule has 0 saturated carbocycles. The number of benzene rings is 2. The highest BCUT2D eigenvalue weighted by atomic mass is 19.4. The first-order valence-electron chi connectivity index (χ1n) is 6.28. The number of alkyl halides is 6. The highest BCUT2D eigenvalue weighted by molar-refractivity contribution is 5.92. The lowest BCUT2D eigenvalue weighted by Crippen LogP contribution is -2.19. The number of hydrogen-bond acceptors (Lipinski definition) is 2. The van der Waals surface area contributed by atoms with Gasteiger partial charge in [0.25, 0.3) is 0 Å². The van der Waals surface area contributed by atoms with Crippen molar-refractivity contribution in [1.82, 2.24) is 0 Å². The summed E-state index contributed by atoms with van der Waals surface area (Å²) in [6, 6.07) is 6.53. The van der Waals surface area contributed by atoms with Crippen LogP contribution >= 0.6 is 0 Å². The highest BCUT2D eigenvalue weighted by Gasteiger charge is 2.33. The second kappa shape index (κ2) is 6.06. The molecule has 0 heterocycles. The first kappa shape index (κ1) is 17.6. The zero-order valence-electron chi connectivity index (χ0n) is 11.6. The number of carboxylic acid groups (broad SMARTS) is 1. The molecule has 0 aromatic heterocycles. The summed E-state index contributed by atoms with van der Waals surface area (Å²) >= 11 is 0. The summed E-state index contributed by atoms with van der Waals surface area (Å²) in [5.41, 5.74) is -1.39. The van der Waals surface area contributed by atoms with Crippen LogP contribution in [0.15, 0.2) is 42.5 Å². The average molecular weight is 350 g/mol. The van der Waals surface area contributed by atoms with Crippen LogP contribution in [-0.4, -0.2) is 17.4 Å². The zero-order chi connectivity index (χ0) is 18.1. The van der Waals surface area contributed by atoms with E-state index in [4.69, 9.17) is 5.11 Å². The molecule has 0 aliphatic carbocycles. The van der Waals surface area contributed by atoms with Gasteiger partial charge in [0.15, 0.2) is 0 Å². The van der Waals surface area contributed by atoms with E-state index in [1.54, 1.807) is 0 Å². The number of carboxylic acids is 1. The van der Waals surface area contributed by atoms with E-state index in [9.17, 15) is 31.1 Å². The topological polar surface area (TPSA) is 46.5 Å². The molecular formula is C15H8F6O3. The fourth-order valence-electron chi connectivity index (χ4n) is 1.94. The minimum atomic E-state index is -5.11. The zero-order valence-corrected chi connectivity index (χ0v) is 11.6. The van der Waals surface area contributed by atoms with Gasteiger partial charge in [0.05, 0.1) is 5.56 Å². The number of ether oxygens (including phenoxy) is 1. The van der Waals surface area contributed by atoms with Gasteiger partial charge in [-0.1, -0.05) is 18.2 Å². The molecular weight excluding hydrogens is 342 g/mol. The Morgan fingerprint density at radius 1 is 0.875 bits per heavy atom. The van der Waals surface area contributed by atoms with Crippen LogP contribution < -0.4 is 4.74 Å². The Labute approximate surface area is 131 Å². The van der Waals surface area contributed by atoms with Gasteiger partial charge in [-0.05, 0) is 35.4 Å². The van der Waals surface area contributed by atoms with E-state index < -0.39 is 35.4 Å². The standard InChI is InChI=1S/C15H8F6O3/c16-14(17,18)10-4-1-8(2-5-10)9-3-6-11(13(22)23)12(7-9)24-15(19,20)21/h1-7H,(H,22,23). The van der Waals surface area contributed by atoms with Gasteiger partial charge in [-0.25, -0.2) is 4.79 Å². The van der Waals surface area contributed by atoms with Gasteiger partial charge >= 0.3 is 18.5 Å². The van der Waals surface area contributed by atoms with Crippen molar-refractivity contribution in [1.29, 1.82) is 0 Å². The van der Waals surface area contributed by atoms with Gasteiger partial charge in [-0.3, -0.25) is 0 Å². The van der Waals surface area contributed by atoms with Gasteiger partial charge in [0, 0.05) is 0 Å². The summed E-state index contributed by atoms with van der Waals surface area (Å²) in [5.74, 6) is -2.58. The van der Waals surface area contributed by atoms with Gasteiger partial charge in [-0.15, -0.1) is 13.2 Å². The fraction of sp³-hybridized carbons (Fsp3) is 0.133. The predicted molar refractivity (Wildman–Crippen MR) is 70.5 cm³/mol. The summed E-state index contributed by atoms with van der Waals surface area (Å²) in [4.78, 5) is 10.9. The maximum atomic E-state index is 12.5. The molecule has 3 nitrogen and oxygen atoms in total. The third kappa shape index (κ3) is 4.18. The van der Waals surface area contributed by atoms with Crippen LogP contribution in [0.1, 0.15) is 15.9 Å². The molecule has 0 amide bonds. The van der Waals surface area contributed by atoms with Crippen LogP contribution in [0.2, 0.25) is 0 Å². The van der Waals surface area contributed by atoms with Crippen LogP contribution in [-0.2, 0) is 6.18 Å². The molecule has 0 aliphatic rings. The van der Waals surface area contributed by atoms with Crippen molar-refractivity contribution in [3.05, 3.63) is 53.6 Å². The molecule has 0 spiro atoms. The van der Waals surface area contributed by atoms with Crippen molar-refractivity contribution in [2.75, 3.05) is 0 Å². The maximum absolute atomic E-state index is 12.5. The molecule has 0 bridgehead atoms. The fourth-order valence-corrected chi connectivity index (χ4v) is 1.94. The number of hydrogen-bond donors (Lipinski definition) is 1. The van der Waals surface area contributed by atoms with Crippen molar-refractivity contribution < 1.29 is 41.0 Å². The molecule has 0 saturated heterocycles. The Hall–Kier alpha value is -2.71. The molecule has 2 rings (SSSR count). The van der Waals surface area contributed by atoms with Gasteiger partial charge in [0.1, 0.15) is 11.3 Å². The van der Waals surface area contributed by atoms with Gasteiger partial charge in [0.2, 0.25) is 0 Å². The van der Waals surface area contributed by atoms with Gasteiger partial charge in [-0.2, -0.15) is 13.2 Å². The summed E-state index contributed by atoms with van der Waals surface area (Å²) in [6.45, 7) is 0. The van der Waals surface area contributed by atoms with Crippen molar-refractivity contribution in [3.63, 3.8) is 0 Å². The van der Waals surface area contributed by atoms with E-state index >= 15 is 0 Å². The van der Waals surface area contributed by atoms with Crippen LogP contribution in [0.5, 0.6) is 5.75 Å². The third-order valence-electron chi connectivity index (χ3n) is 2.98. The van der Waals surface area contributed by atoms with Crippen LogP contribution in [0, 0.1) is 0 Å². The molecule has 0 fully saturated rings.